The lowest BCUT2D eigenvalue weighted by Gasteiger charge is -2.21. The van der Waals surface area contributed by atoms with Crippen LogP contribution in [0.4, 0.5) is 5.69 Å². The van der Waals surface area contributed by atoms with Gasteiger partial charge in [0.05, 0.1) is 10.9 Å². The van der Waals surface area contributed by atoms with Crippen molar-refractivity contribution in [2.75, 3.05) is 18.2 Å². The highest BCUT2D eigenvalue weighted by molar-refractivity contribution is 7.90. The van der Waals surface area contributed by atoms with Gasteiger partial charge in [0.1, 0.15) is 6.10 Å². The number of rotatable bonds is 4. The van der Waals surface area contributed by atoms with Gasteiger partial charge in [-0.2, -0.15) is 0 Å². The minimum Gasteiger partial charge on any atom is -0.379 e. The van der Waals surface area contributed by atoms with E-state index in [1.165, 1.54) is 6.26 Å². The van der Waals surface area contributed by atoms with E-state index in [9.17, 15) is 8.42 Å². The van der Waals surface area contributed by atoms with Crippen LogP contribution in [0.5, 0.6) is 0 Å². The molecule has 0 spiro atoms. The van der Waals surface area contributed by atoms with Crippen molar-refractivity contribution in [3.05, 3.63) is 60.2 Å². The van der Waals surface area contributed by atoms with Crippen LogP contribution < -0.4 is 5.32 Å². The summed E-state index contributed by atoms with van der Waals surface area (Å²) in [5.41, 5.74) is 2.06. The first kappa shape index (κ1) is 15.1. The van der Waals surface area contributed by atoms with Gasteiger partial charge in [0.25, 0.3) is 0 Å². The number of anilines is 1. The monoisotopic (exact) mass is 317 g/mol. The minimum atomic E-state index is -3.15. The molecule has 22 heavy (non-hydrogen) atoms. The standard InChI is InChI=1S/C17H19NO3S/c1-22(19,20)15-9-7-14(8-10-15)18-16-11-12-21-17(16)13-5-3-2-4-6-13/h2-10,16-18H,11-12H2,1H3. The summed E-state index contributed by atoms with van der Waals surface area (Å²) in [7, 11) is -3.15. The van der Waals surface area contributed by atoms with Crippen molar-refractivity contribution in [2.45, 2.75) is 23.5 Å². The first-order valence-electron chi connectivity index (χ1n) is 7.27. The summed E-state index contributed by atoms with van der Waals surface area (Å²) in [5.74, 6) is 0. The van der Waals surface area contributed by atoms with Crippen molar-refractivity contribution >= 4 is 15.5 Å². The second-order valence-electron chi connectivity index (χ2n) is 5.54. The molecule has 116 valence electrons. The third kappa shape index (κ3) is 3.31. The van der Waals surface area contributed by atoms with Crippen molar-refractivity contribution in [3.63, 3.8) is 0 Å². The first-order chi connectivity index (χ1) is 10.5. The Morgan fingerprint density at radius 1 is 1.05 bits per heavy atom. The van der Waals surface area contributed by atoms with E-state index < -0.39 is 9.84 Å². The number of ether oxygens (including phenoxy) is 1. The van der Waals surface area contributed by atoms with Crippen molar-refractivity contribution in [1.29, 1.82) is 0 Å². The lowest BCUT2D eigenvalue weighted by Crippen LogP contribution is -2.23. The maximum Gasteiger partial charge on any atom is 0.175 e. The van der Waals surface area contributed by atoms with Gasteiger partial charge in [0.15, 0.2) is 9.84 Å². The van der Waals surface area contributed by atoms with Gasteiger partial charge in [0, 0.05) is 18.6 Å². The molecule has 1 fully saturated rings. The van der Waals surface area contributed by atoms with Gasteiger partial charge < -0.3 is 10.1 Å². The van der Waals surface area contributed by atoms with E-state index >= 15 is 0 Å². The molecular weight excluding hydrogens is 298 g/mol. The Labute approximate surface area is 131 Å². The first-order valence-corrected chi connectivity index (χ1v) is 9.16. The fraction of sp³-hybridized carbons (Fsp3) is 0.294. The molecule has 2 aromatic carbocycles. The lowest BCUT2D eigenvalue weighted by atomic mass is 10.0. The Bertz CT molecular complexity index is 726. The fourth-order valence-electron chi connectivity index (χ4n) is 2.72. The van der Waals surface area contributed by atoms with E-state index in [0.717, 1.165) is 24.3 Å². The molecule has 0 radical (unpaired) electrons. The van der Waals surface area contributed by atoms with Gasteiger partial charge in [-0.3, -0.25) is 0 Å². The van der Waals surface area contributed by atoms with Crippen LogP contribution >= 0.6 is 0 Å². The Morgan fingerprint density at radius 3 is 2.36 bits per heavy atom. The predicted octanol–water partition coefficient (Wildman–Crippen LogP) is 3.03. The Morgan fingerprint density at radius 2 is 1.73 bits per heavy atom. The van der Waals surface area contributed by atoms with E-state index in [-0.39, 0.29) is 12.1 Å². The second-order valence-corrected chi connectivity index (χ2v) is 7.55. The summed E-state index contributed by atoms with van der Waals surface area (Å²) >= 11 is 0. The molecular formula is C17H19NO3S. The van der Waals surface area contributed by atoms with E-state index in [0.29, 0.717) is 4.90 Å². The molecule has 3 rings (SSSR count). The maximum absolute atomic E-state index is 11.5. The summed E-state index contributed by atoms with van der Waals surface area (Å²) in [6.45, 7) is 0.721. The van der Waals surface area contributed by atoms with Gasteiger partial charge >= 0.3 is 0 Å². The molecule has 2 unspecified atom stereocenters. The molecule has 1 N–H and O–H groups in total. The summed E-state index contributed by atoms with van der Waals surface area (Å²) in [6.07, 6.45) is 2.16. The molecule has 2 atom stereocenters. The lowest BCUT2D eigenvalue weighted by molar-refractivity contribution is 0.107. The molecule has 5 heteroatoms. The van der Waals surface area contributed by atoms with Gasteiger partial charge in [0.2, 0.25) is 0 Å². The summed E-state index contributed by atoms with van der Waals surface area (Å²) in [4.78, 5) is 0.334. The number of hydrogen-bond donors (Lipinski definition) is 1. The van der Waals surface area contributed by atoms with E-state index in [2.05, 4.69) is 17.4 Å². The quantitative estimate of drug-likeness (QED) is 0.942. The van der Waals surface area contributed by atoms with Crippen LogP contribution in [0.25, 0.3) is 0 Å². The van der Waals surface area contributed by atoms with E-state index in [1.54, 1.807) is 24.3 Å². The SMILES string of the molecule is CS(=O)(=O)c1ccc(NC2CCOC2c2ccccc2)cc1. The molecule has 0 amide bonds. The second kappa shape index (κ2) is 6.10. The molecule has 1 saturated heterocycles. The van der Waals surface area contributed by atoms with Gasteiger partial charge in [-0.15, -0.1) is 0 Å². The number of sulfone groups is 1. The van der Waals surface area contributed by atoms with Crippen LogP contribution in [0.15, 0.2) is 59.5 Å². The summed E-state index contributed by atoms with van der Waals surface area (Å²) in [5, 5.41) is 3.45. The molecule has 0 bridgehead atoms. The number of hydrogen-bond acceptors (Lipinski definition) is 4. The third-order valence-electron chi connectivity index (χ3n) is 3.85. The number of benzene rings is 2. The molecule has 0 aliphatic carbocycles. The van der Waals surface area contributed by atoms with E-state index in [4.69, 9.17) is 4.74 Å². The zero-order chi connectivity index (χ0) is 15.6. The fourth-order valence-corrected chi connectivity index (χ4v) is 3.35. The van der Waals surface area contributed by atoms with Crippen LogP contribution in [0.3, 0.4) is 0 Å². The average Bonchev–Trinajstić information content (AvgIpc) is 2.96. The Balaban J connectivity index is 1.75. The summed E-state index contributed by atoms with van der Waals surface area (Å²) in [6, 6.07) is 17.2. The number of nitrogens with one attached hydrogen (secondary N) is 1. The molecule has 1 aliphatic rings. The van der Waals surface area contributed by atoms with Crippen molar-refractivity contribution in [2.24, 2.45) is 0 Å². The van der Waals surface area contributed by atoms with Crippen molar-refractivity contribution in [1.82, 2.24) is 0 Å². The molecule has 0 saturated carbocycles. The molecule has 4 nitrogen and oxygen atoms in total. The summed E-state index contributed by atoms with van der Waals surface area (Å²) < 4.78 is 28.8. The zero-order valence-corrected chi connectivity index (χ0v) is 13.2. The van der Waals surface area contributed by atoms with Crippen LogP contribution in [-0.4, -0.2) is 27.3 Å². The molecule has 1 aliphatic heterocycles. The smallest absolute Gasteiger partial charge is 0.175 e. The maximum atomic E-state index is 11.5. The van der Waals surface area contributed by atoms with E-state index in [1.807, 2.05) is 18.2 Å². The average molecular weight is 317 g/mol. The molecule has 2 aromatic rings. The molecule has 0 aromatic heterocycles. The van der Waals surface area contributed by atoms with Crippen LogP contribution in [0.2, 0.25) is 0 Å². The van der Waals surface area contributed by atoms with Gasteiger partial charge in [-0.25, -0.2) is 8.42 Å². The van der Waals surface area contributed by atoms with Crippen LogP contribution in [-0.2, 0) is 14.6 Å². The normalized spacial score (nSPS) is 21.7. The molecule has 1 heterocycles. The highest BCUT2D eigenvalue weighted by Gasteiger charge is 2.29. The largest absolute Gasteiger partial charge is 0.379 e. The highest BCUT2D eigenvalue weighted by atomic mass is 32.2. The zero-order valence-electron chi connectivity index (χ0n) is 12.4. The van der Waals surface area contributed by atoms with Gasteiger partial charge in [-0.1, -0.05) is 30.3 Å². The van der Waals surface area contributed by atoms with Gasteiger partial charge in [-0.05, 0) is 36.2 Å². The van der Waals surface area contributed by atoms with Crippen LogP contribution in [0, 0.1) is 0 Å². The topological polar surface area (TPSA) is 55.4 Å². The van der Waals surface area contributed by atoms with Crippen LogP contribution in [0.1, 0.15) is 18.1 Å². The highest BCUT2D eigenvalue weighted by Crippen LogP contribution is 2.31. The van der Waals surface area contributed by atoms with Crippen molar-refractivity contribution in [3.8, 4) is 0 Å². The third-order valence-corrected chi connectivity index (χ3v) is 4.98. The minimum absolute atomic E-state index is 0.0239. The predicted molar refractivity (Wildman–Crippen MR) is 86.7 cm³/mol. The Hall–Kier alpha value is -1.85. The Kier molecular flexibility index (Phi) is 4.18. The van der Waals surface area contributed by atoms with Crippen molar-refractivity contribution < 1.29 is 13.2 Å².